The molecule has 0 heterocycles. The first-order chi connectivity index (χ1) is 10.3. The Balaban J connectivity index is 2.30. The van der Waals surface area contributed by atoms with Crippen LogP contribution in [0.15, 0.2) is 42.5 Å². The Kier molecular flexibility index (Phi) is 4.83. The van der Waals surface area contributed by atoms with Gasteiger partial charge in [0.2, 0.25) is 10.0 Å². The molecule has 0 radical (unpaired) electrons. The lowest BCUT2D eigenvalue weighted by molar-refractivity contribution is -0.137. The number of aliphatic carboxylic acids is 1. The maximum absolute atomic E-state index is 12.5. The number of hydrogen-bond donors (Lipinski definition) is 1. The Hall–Kier alpha value is -1.92. The van der Waals surface area contributed by atoms with Crippen molar-refractivity contribution in [3.05, 3.63) is 48.0 Å². The van der Waals surface area contributed by atoms with E-state index in [4.69, 9.17) is 5.11 Å². The number of sulfonamides is 1. The van der Waals surface area contributed by atoms with E-state index in [9.17, 15) is 13.2 Å². The summed E-state index contributed by atoms with van der Waals surface area (Å²) < 4.78 is 26.0. The SMILES string of the molecule is CC(C)N(CC(=O)O)S(=O)(=O)Cc1ccc2ccccc2c1. The summed E-state index contributed by atoms with van der Waals surface area (Å²) in [5.74, 6) is -1.36. The summed E-state index contributed by atoms with van der Waals surface area (Å²) in [6.45, 7) is 2.81. The molecule has 22 heavy (non-hydrogen) atoms. The predicted molar refractivity (Wildman–Crippen MR) is 86.0 cm³/mol. The minimum atomic E-state index is -3.69. The molecule has 0 saturated heterocycles. The number of fused-ring (bicyclic) bond motifs is 1. The first-order valence-corrected chi connectivity index (χ1v) is 8.59. The lowest BCUT2D eigenvalue weighted by atomic mass is 10.1. The van der Waals surface area contributed by atoms with Crippen molar-refractivity contribution < 1.29 is 18.3 Å². The van der Waals surface area contributed by atoms with Crippen LogP contribution in [-0.4, -0.2) is 36.4 Å². The monoisotopic (exact) mass is 321 g/mol. The Morgan fingerprint density at radius 2 is 1.77 bits per heavy atom. The first-order valence-electron chi connectivity index (χ1n) is 6.98. The molecule has 0 bridgehead atoms. The fraction of sp³-hybridized carbons (Fsp3) is 0.312. The fourth-order valence-electron chi connectivity index (χ4n) is 2.36. The second-order valence-electron chi connectivity index (χ2n) is 5.47. The largest absolute Gasteiger partial charge is 0.480 e. The maximum Gasteiger partial charge on any atom is 0.318 e. The molecule has 0 aliphatic heterocycles. The number of benzene rings is 2. The van der Waals surface area contributed by atoms with Crippen LogP contribution >= 0.6 is 0 Å². The molecule has 5 nitrogen and oxygen atoms in total. The smallest absolute Gasteiger partial charge is 0.318 e. The van der Waals surface area contributed by atoms with Crippen molar-refractivity contribution in [3.63, 3.8) is 0 Å². The molecule has 1 N–H and O–H groups in total. The summed E-state index contributed by atoms with van der Waals surface area (Å²) in [5, 5.41) is 10.9. The summed E-state index contributed by atoms with van der Waals surface area (Å²) in [6, 6.07) is 12.8. The van der Waals surface area contributed by atoms with Gasteiger partial charge in [-0.05, 0) is 30.2 Å². The molecule has 0 amide bonds. The van der Waals surface area contributed by atoms with Crippen molar-refractivity contribution in [1.29, 1.82) is 0 Å². The molecule has 2 aromatic carbocycles. The van der Waals surface area contributed by atoms with Crippen LogP contribution < -0.4 is 0 Å². The molecule has 2 aromatic rings. The van der Waals surface area contributed by atoms with Crippen LogP contribution in [0, 0.1) is 0 Å². The summed E-state index contributed by atoms with van der Waals surface area (Å²) in [4.78, 5) is 10.9. The zero-order valence-electron chi connectivity index (χ0n) is 12.6. The zero-order chi connectivity index (χ0) is 16.3. The highest BCUT2D eigenvalue weighted by Gasteiger charge is 2.27. The number of carboxylic acids is 1. The van der Waals surface area contributed by atoms with Crippen molar-refractivity contribution >= 4 is 26.8 Å². The summed E-state index contributed by atoms with van der Waals surface area (Å²) in [6.07, 6.45) is 0. The third kappa shape index (κ3) is 3.84. The molecular formula is C16H19NO4S. The van der Waals surface area contributed by atoms with E-state index in [0.717, 1.165) is 15.1 Å². The fourth-order valence-corrected chi connectivity index (χ4v) is 4.07. The lowest BCUT2D eigenvalue weighted by Gasteiger charge is -2.24. The van der Waals surface area contributed by atoms with E-state index in [2.05, 4.69) is 0 Å². The van der Waals surface area contributed by atoms with Crippen LogP contribution in [0.4, 0.5) is 0 Å². The molecular weight excluding hydrogens is 302 g/mol. The van der Waals surface area contributed by atoms with E-state index in [1.807, 2.05) is 36.4 Å². The molecule has 0 fully saturated rings. The number of hydrogen-bond acceptors (Lipinski definition) is 3. The van der Waals surface area contributed by atoms with Gasteiger partial charge < -0.3 is 5.11 Å². The van der Waals surface area contributed by atoms with Crippen LogP contribution in [-0.2, 0) is 20.6 Å². The maximum atomic E-state index is 12.5. The van der Waals surface area contributed by atoms with Gasteiger partial charge in [0.05, 0.1) is 5.75 Å². The van der Waals surface area contributed by atoms with Gasteiger partial charge >= 0.3 is 5.97 Å². The van der Waals surface area contributed by atoms with Gasteiger partial charge in [-0.25, -0.2) is 8.42 Å². The molecule has 0 spiro atoms. The van der Waals surface area contributed by atoms with Gasteiger partial charge in [-0.2, -0.15) is 4.31 Å². The van der Waals surface area contributed by atoms with Gasteiger partial charge in [-0.1, -0.05) is 42.5 Å². The van der Waals surface area contributed by atoms with E-state index in [-0.39, 0.29) is 5.75 Å². The van der Waals surface area contributed by atoms with Crippen molar-refractivity contribution in [2.75, 3.05) is 6.54 Å². The summed E-state index contributed by atoms with van der Waals surface area (Å²) >= 11 is 0. The minimum absolute atomic E-state index is 0.205. The van der Waals surface area contributed by atoms with Crippen LogP contribution in [0.1, 0.15) is 19.4 Å². The summed E-state index contributed by atoms with van der Waals surface area (Å²) in [5.41, 5.74) is 0.648. The van der Waals surface area contributed by atoms with E-state index in [0.29, 0.717) is 5.56 Å². The topological polar surface area (TPSA) is 74.7 Å². The van der Waals surface area contributed by atoms with E-state index >= 15 is 0 Å². The van der Waals surface area contributed by atoms with Gasteiger partial charge in [0.15, 0.2) is 0 Å². The van der Waals surface area contributed by atoms with Crippen molar-refractivity contribution in [1.82, 2.24) is 4.31 Å². The molecule has 6 heteroatoms. The zero-order valence-corrected chi connectivity index (χ0v) is 13.4. The molecule has 118 valence electrons. The summed E-state index contributed by atoms with van der Waals surface area (Å²) in [7, 11) is -3.69. The van der Waals surface area contributed by atoms with Gasteiger partial charge in [-0.15, -0.1) is 0 Å². The highest BCUT2D eigenvalue weighted by atomic mass is 32.2. The predicted octanol–water partition coefficient (Wildman–Crippen LogP) is 2.46. The molecule has 2 rings (SSSR count). The van der Waals surface area contributed by atoms with Crippen LogP contribution in [0.5, 0.6) is 0 Å². The third-order valence-electron chi connectivity index (χ3n) is 3.39. The number of nitrogens with zero attached hydrogens (tertiary/aromatic N) is 1. The second kappa shape index (κ2) is 6.46. The average Bonchev–Trinajstić information content (AvgIpc) is 2.43. The van der Waals surface area contributed by atoms with E-state index in [1.165, 1.54) is 0 Å². The van der Waals surface area contributed by atoms with E-state index in [1.54, 1.807) is 19.9 Å². The highest BCUT2D eigenvalue weighted by Crippen LogP contribution is 2.19. The van der Waals surface area contributed by atoms with Gasteiger partial charge in [0, 0.05) is 6.04 Å². The minimum Gasteiger partial charge on any atom is -0.480 e. The van der Waals surface area contributed by atoms with Crippen LogP contribution in [0.25, 0.3) is 10.8 Å². The molecule has 0 aromatic heterocycles. The Bertz CT molecular complexity index is 784. The number of carbonyl (C=O) groups is 1. The molecule has 0 saturated carbocycles. The molecule has 0 aliphatic carbocycles. The van der Waals surface area contributed by atoms with Crippen molar-refractivity contribution in [2.45, 2.75) is 25.6 Å². The average molecular weight is 321 g/mol. The molecule has 0 aliphatic rings. The first kappa shape index (κ1) is 16.5. The van der Waals surface area contributed by atoms with Crippen LogP contribution in [0.3, 0.4) is 0 Å². The van der Waals surface area contributed by atoms with Crippen LogP contribution in [0.2, 0.25) is 0 Å². The van der Waals surface area contributed by atoms with Gasteiger partial charge in [0.25, 0.3) is 0 Å². The second-order valence-corrected chi connectivity index (χ2v) is 7.39. The van der Waals surface area contributed by atoms with Crippen molar-refractivity contribution in [3.8, 4) is 0 Å². The number of rotatable bonds is 6. The highest BCUT2D eigenvalue weighted by molar-refractivity contribution is 7.88. The standard InChI is InChI=1S/C16H19NO4S/c1-12(2)17(10-16(18)19)22(20,21)11-13-7-8-14-5-3-4-6-15(14)9-13/h3-9,12H,10-11H2,1-2H3,(H,18,19). The van der Waals surface area contributed by atoms with Gasteiger partial charge in [-0.3, -0.25) is 4.79 Å². The molecule has 0 unspecified atom stereocenters. The quantitative estimate of drug-likeness (QED) is 0.887. The van der Waals surface area contributed by atoms with E-state index < -0.39 is 28.6 Å². The Labute approximate surface area is 130 Å². The van der Waals surface area contributed by atoms with Gasteiger partial charge in [0.1, 0.15) is 6.54 Å². The Morgan fingerprint density at radius 3 is 2.36 bits per heavy atom. The Morgan fingerprint density at radius 1 is 1.14 bits per heavy atom. The van der Waals surface area contributed by atoms with Crippen molar-refractivity contribution in [2.24, 2.45) is 0 Å². The third-order valence-corrected chi connectivity index (χ3v) is 5.35. The normalized spacial score (nSPS) is 12.2. The molecule has 0 atom stereocenters. The lowest BCUT2D eigenvalue weighted by Crippen LogP contribution is -2.41. The number of carboxylic acid groups (broad SMARTS) is 1.